The summed E-state index contributed by atoms with van der Waals surface area (Å²) < 4.78 is 10.2. The van der Waals surface area contributed by atoms with E-state index in [1.54, 1.807) is 0 Å². The van der Waals surface area contributed by atoms with Crippen molar-refractivity contribution in [3.8, 4) is 0 Å². The molecule has 1 aliphatic rings. The lowest BCUT2D eigenvalue weighted by Gasteiger charge is -2.23. The first kappa shape index (κ1) is 15.3. The fourth-order valence-corrected chi connectivity index (χ4v) is 2.29. The predicted molar refractivity (Wildman–Crippen MR) is 74.4 cm³/mol. The summed E-state index contributed by atoms with van der Waals surface area (Å²) in [5, 5.41) is 9.68. The lowest BCUT2D eigenvalue weighted by atomic mass is 10.2. The van der Waals surface area contributed by atoms with Gasteiger partial charge in [-0.3, -0.25) is 9.69 Å². The lowest BCUT2D eigenvalue weighted by Crippen LogP contribution is -2.39. The van der Waals surface area contributed by atoms with Crippen LogP contribution in [0.3, 0.4) is 0 Å². The van der Waals surface area contributed by atoms with Gasteiger partial charge in [0.2, 0.25) is 0 Å². The van der Waals surface area contributed by atoms with Crippen LogP contribution >= 0.6 is 0 Å². The predicted octanol–water partition coefficient (Wildman–Crippen LogP) is 1.32. The van der Waals surface area contributed by atoms with Gasteiger partial charge >= 0.3 is 12.1 Å². The van der Waals surface area contributed by atoms with E-state index in [4.69, 9.17) is 9.47 Å². The summed E-state index contributed by atoms with van der Waals surface area (Å²) in [6.07, 6.45) is -0.740. The van der Waals surface area contributed by atoms with E-state index in [1.165, 1.54) is 11.8 Å². The zero-order valence-corrected chi connectivity index (χ0v) is 11.9. The minimum atomic E-state index is -0.616. The third kappa shape index (κ3) is 4.46. The molecule has 1 amide bonds. The Kier molecular flexibility index (Phi) is 5.16. The van der Waals surface area contributed by atoms with Crippen molar-refractivity contribution in [2.75, 3.05) is 13.2 Å². The van der Waals surface area contributed by atoms with Gasteiger partial charge < -0.3 is 14.6 Å². The smallest absolute Gasteiger partial charge is 0.410 e. The van der Waals surface area contributed by atoms with Crippen LogP contribution < -0.4 is 0 Å². The number of aliphatic hydroxyl groups excluding tert-OH is 1. The molecule has 6 heteroatoms. The van der Waals surface area contributed by atoms with E-state index in [0.717, 1.165) is 5.56 Å². The van der Waals surface area contributed by atoms with Gasteiger partial charge in [-0.1, -0.05) is 30.3 Å². The maximum atomic E-state index is 12.1. The fraction of sp³-hybridized carbons (Fsp3) is 0.467. The summed E-state index contributed by atoms with van der Waals surface area (Å²) in [6, 6.07) is 9.01. The molecule has 1 N–H and O–H groups in total. The molecule has 1 aliphatic heterocycles. The Hall–Kier alpha value is -2.08. The highest BCUT2D eigenvalue weighted by Gasteiger charge is 2.35. The number of carbonyl (C=O) groups is 2. The molecule has 1 saturated heterocycles. The van der Waals surface area contributed by atoms with Gasteiger partial charge in [-0.2, -0.15) is 0 Å². The van der Waals surface area contributed by atoms with Gasteiger partial charge in [-0.25, -0.2) is 4.79 Å². The van der Waals surface area contributed by atoms with Gasteiger partial charge in [0.05, 0.1) is 18.7 Å². The summed E-state index contributed by atoms with van der Waals surface area (Å²) >= 11 is 0. The van der Waals surface area contributed by atoms with E-state index in [2.05, 4.69) is 0 Å². The van der Waals surface area contributed by atoms with Crippen molar-refractivity contribution < 1.29 is 24.2 Å². The van der Waals surface area contributed by atoms with Crippen LogP contribution in [0.1, 0.15) is 18.9 Å². The molecule has 0 bridgehead atoms. The number of hydrogen-bond donors (Lipinski definition) is 1. The van der Waals surface area contributed by atoms with E-state index in [0.29, 0.717) is 6.42 Å². The van der Waals surface area contributed by atoms with Crippen molar-refractivity contribution in [3.63, 3.8) is 0 Å². The third-order valence-electron chi connectivity index (χ3n) is 3.31. The maximum Gasteiger partial charge on any atom is 0.410 e. The van der Waals surface area contributed by atoms with Gasteiger partial charge in [0, 0.05) is 6.92 Å². The van der Waals surface area contributed by atoms with Crippen molar-refractivity contribution in [2.24, 2.45) is 0 Å². The molecular formula is C15H19NO5. The topological polar surface area (TPSA) is 76.1 Å². The molecule has 2 rings (SSSR count). The first-order chi connectivity index (χ1) is 10.1. The molecule has 0 aromatic heterocycles. The summed E-state index contributed by atoms with van der Waals surface area (Å²) in [6.45, 7) is 1.75. The number of hydrogen-bond acceptors (Lipinski definition) is 5. The number of carbonyl (C=O) groups excluding carboxylic acids is 2. The normalized spacial score (nSPS) is 21.1. The number of aliphatic hydroxyl groups is 1. The zero-order valence-electron chi connectivity index (χ0n) is 11.9. The van der Waals surface area contributed by atoms with Crippen LogP contribution in [-0.4, -0.2) is 47.4 Å². The second kappa shape index (κ2) is 7.08. The number of rotatable bonds is 4. The zero-order chi connectivity index (χ0) is 15.2. The number of nitrogens with zero attached hydrogens (tertiary/aromatic N) is 1. The largest absolute Gasteiger partial charge is 0.464 e. The quantitative estimate of drug-likeness (QED) is 0.847. The number of β-amino-alcohol motifs (C(OH)–C–C–N with tert-alkyl or cyclic N) is 1. The number of ether oxygens (including phenoxy) is 2. The lowest BCUT2D eigenvalue weighted by molar-refractivity contribution is -0.142. The molecule has 0 unspecified atom stereocenters. The minimum Gasteiger partial charge on any atom is -0.464 e. The Morgan fingerprint density at radius 2 is 2.00 bits per heavy atom. The summed E-state index contributed by atoms with van der Waals surface area (Å²) in [5.74, 6) is -0.408. The van der Waals surface area contributed by atoms with Gasteiger partial charge in [0.15, 0.2) is 0 Å². The van der Waals surface area contributed by atoms with Crippen molar-refractivity contribution in [1.29, 1.82) is 0 Å². The second-order valence-corrected chi connectivity index (χ2v) is 5.04. The molecule has 0 spiro atoms. The van der Waals surface area contributed by atoms with Gasteiger partial charge in [-0.05, 0) is 12.0 Å². The number of amides is 1. The van der Waals surface area contributed by atoms with Crippen LogP contribution in [0.15, 0.2) is 30.3 Å². The highest BCUT2D eigenvalue weighted by atomic mass is 16.6. The van der Waals surface area contributed by atoms with Crippen molar-refractivity contribution in [2.45, 2.75) is 32.1 Å². The molecule has 0 aliphatic carbocycles. The number of likely N-dealkylation sites (tertiary alicyclic amines) is 1. The summed E-state index contributed by atoms with van der Waals surface area (Å²) in [4.78, 5) is 24.3. The molecule has 2 atom stereocenters. The van der Waals surface area contributed by atoms with Crippen LogP contribution in [0.25, 0.3) is 0 Å². The Labute approximate surface area is 123 Å². The van der Waals surface area contributed by atoms with E-state index in [-0.39, 0.29) is 25.8 Å². The van der Waals surface area contributed by atoms with Crippen LogP contribution in [0, 0.1) is 0 Å². The number of benzene rings is 1. The van der Waals surface area contributed by atoms with E-state index >= 15 is 0 Å². The van der Waals surface area contributed by atoms with Crippen molar-refractivity contribution >= 4 is 12.1 Å². The number of esters is 1. The van der Waals surface area contributed by atoms with E-state index < -0.39 is 18.2 Å². The van der Waals surface area contributed by atoms with Gasteiger partial charge in [0.25, 0.3) is 0 Å². The molecule has 21 heavy (non-hydrogen) atoms. The molecule has 0 radical (unpaired) electrons. The SMILES string of the molecule is CC(=O)OC[C@@H]1C[C@@H](O)CN1C(=O)OCc1ccccc1. The monoisotopic (exact) mass is 293 g/mol. The highest BCUT2D eigenvalue weighted by molar-refractivity contribution is 5.69. The first-order valence-electron chi connectivity index (χ1n) is 6.85. The van der Waals surface area contributed by atoms with Crippen molar-refractivity contribution in [3.05, 3.63) is 35.9 Å². The third-order valence-corrected chi connectivity index (χ3v) is 3.31. The molecule has 6 nitrogen and oxygen atoms in total. The molecule has 1 aromatic carbocycles. The first-order valence-corrected chi connectivity index (χ1v) is 6.85. The molecule has 114 valence electrons. The van der Waals surface area contributed by atoms with Crippen LogP contribution in [-0.2, 0) is 20.9 Å². The Bertz CT molecular complexity index is 490. The Morgan fingerprint density at radius 3 is 2.67 bits per heavy atom. The van der Waals surface area contributed by atoms with Crippen LogP contribution in [0.5, 0.6) is 0 Å². The van der Waals surface area contributed by atoms with Gasteiger partial charge in [0.1, 0.15) is 13.2 Å². The van der Waals surface area contributed by atoms with Crippen molar-refractivity contribution in [1.82, 2.24) is 4.90 Å². The Balaban J connectivity index is 1.88. The van der Waals surface area contributed by atoms with E-state index in [1.807, 2.05) is 30.3 Å². The average molecular weight is 293 g/mol. The minimum absolute atomic E-state index is 0.0762. The molecule has 0 saturated carbocycles. The molecular weight excluding hydrogens is 274 g/mol. The molecule has 1 heterocycles. The Morgan fingerprint density at radius 1 is 1.29 bits per heavy atom. The van der Waals surface area contributed by atoms with Crippen LogP contribution in [0.2, 0.25) is 0 Å². The standard InChI is InChI=1S/C15H19NO5/c1-11(17)20-10-13-7-14(18)8-16(13)15(19)21-9-12-5-3-2-4-6-12/h2-6,13-14,18H,7-10H2,1H3/t13-,14+/m0/s1. The average Bonchev–Trinajstić information content (AvgIpc) is 2.85. The molecule has 1 fully saturated rings. The molecule has 1 aromatic rings. The van der Waals surface area contributed by atoms with E-state index in [9.17, 15) is 14.7 Å². The maximum absolute atomic E-state index is 12.1. The summed E-state index contributed by atoms with van der Waals surface area (Å²) in [7, 11) is 0. The van der Waals surface area contributed by atoms with Gasteiger partial charge in [-0.15, -0.1) is 0 Å². The second-order valence-electron chi connectivity index (χ2n) is 5.04. The summed E-state index contributed by atoms with van der Waals surface area (Å²) in [5.41, 5.74) is 0.891. The van der Waals surface area contributed by atoms with Crippen LogP contribution in [0.4, 0.5) is 4.79 Å². The fourth-order valence-electron chi connectivity index (χ4n) is 2.29. The highest BCUT2D eigenvalue weighted by Crippen LogP contribution is 2.20.